The molecule has 2 aromatic carbocycles. The van der Waals surface area contributed by atoms with E-state index in [1.54, 1.807) is 12.1 Å². The molecule has 2 rings (SSSR count). The van der Waals surface area contributed by atoms with Crippen molar-refractivity contribution in [2.75, 3.05) is 6.54 Å². The largest absolute Gasteiger partial charge is 0.489 e. The Morgan fingerprint density at radius 3 is 2.75 bits per heavy atom. The summed E-state index contributed by atoms with van der Waals surface area (Å²) in [7, 11) is 0. The van der Waals surface area contributed by atoms with Gasteiger partial charge in [0.15, 0.2) is 0 Å². The van der Waals surface area contributed by atoms with Gasteiger partial charge in [0.05, 0.1) is 5.02 Å². The Morgan fingerprint density at radius 1 is 1.20 bits per heavy atom. The van der Waals surface area contributed by atoms with Gasteiger partial charge in [0.1, 0.15) is 18.2 Å². The van der Waals surface area contributed by atoms with Crippen molar-refractivity contribution in [3.8, 4) is 5.75 Å². The Kier molecular flexibility index (Phi) is 5.40. The molecule has 0 atom stereocenters. The molecule has 0 aliphatic rings. The van der Waals surface area contributed by atoms with Crippen molar-refractivity contribution < 1.29 is 9.13 Å². The van der Waals surface area contributed by atoms with Crippen molar-refractivity contribution in [2.45, 2.75) is 13.0 Å². The normalized spacial score (nSPS) is 10.6. The SMILES string of the molecule is NCCc1cc(Br)ccc1OCc1cccc(Cl)c1F. The third-order valence-corrected chi connectivity index (χ3v) is 3.64. The molecule has 20 heavy (non-hydrogen) atoms. The molecular formula is C15H14BrClFNO. The number of rotatable bonds is 5. The topological polar surface area (TPSA) is 35.2 Å². The average molecular weight is 359 g/mol. The van der Waals surface area contributed by atoms with E-state index in [-0.39, 0.29) is 11.6 Å². The fraction of sp³-hybridized carbons (Fsp3) is 0.200. The number of hydrogen-bond donors (Lipinski definition) is 1. The van der Waals surface area contributed by atoms with Gasteiger partial charge in [-0.2, -0.15) is 0 Å². The summed E-state index contributed by atoms with van der Waals surface area (Å²) >= 11 is 9.15. The van der Waals surface area contributed by atoms with Gasteiger partial charge in [0, 0.05) is 10.0 Å². The number of ether oxygens (including phenoxy) is 1. The average Bonchev–Trinajstić information content (AvgIpc) is 2.42. The molecule has 2 N–H and O–H groups in total. The van der Waals surface area contributed by atoms with Crippen LogP contribution in [0.1, 0.15) is 11.1 Å². The molecule has 0 heterocycles. The van der Waals surface area contributed by atoms with E-state index < -0.39 is 5.82 Å². The fourth-order valence-corrected chi connectivity index (χ4v) is 2.46. The molecule has 0 aliphatic carbocycles. The van der Waals surface area contributed by atoms with Crippen LogP contribution in [0.25, 0.3) is 0 Å². The first-order chi connectivity index (χ1) is 9.61. The van der Waals surface area contributed by atoms with Gasteiger partial charge in [-0.1, -0.05) is 39.7 Å². The molecule has 106 valence electrons. The van der Waals surface area contributed by atoms with Crippen LogP contribution in [0, 0.1) is 5.82 Å². The van der Waals surface area contributed by atoms with E-state index in [2.05, 4.69) is 15.9 Å². The van der Waals surface area contributed by atoms with Crippen LogP contribution >= 0.6 is 27.5 Å². The van der Waals surface area contributed by atoms with Crippen LogP contribution in [-0.4, -0.2) is 6.54 Å². The molecule has 0 aliphatic heterocycles. The number of nitrogens with two attached hydrogens (primary N) is 1. The maximum absolute atomic E-state index is 13.8. The predicted molar refractivity (Wildman–Crippen MR) is 82.6 cm³/mol. The molecular weight excluding hydrogens is 345 g/mol. The summed E-state index contributed by atoms with van der Waals surface area (Å²) in [4.78, 5) is 0. The van der Waals surface area contributed by atoms with Crippen LogP contribution in [0.2, 0.25) is 5.02 Å². The second-order valence-electron chi connectivity index (χ2n) is 4.29. The zero-order chi connectivity index (χ0) is 14.5. The van der Waals surface area contributed by atoms with Crippen LogP contribution in [0.3, 0.4) is 0 Å². The summed E-state index contributed by atoms with van der Waals surface area (Å²) in [6.07, 6.45) is 0.701. The first kappa shape index (κ1) is 15.3. The van der Waals surface area contributed by atoms with Gasteiger partial charge < -0.3 is 10.5 Å². The minimum absolute atomic E-state index is 0.101. The van der Waals surface area contributed by atoms with Gasteiger partial charge in [-0.05, 0) is 42.8 Å². The Hall–Kier alpha value is -1.10. The molecule has 2 nitrogen and oxygen atoms in total. The van der Waals surface area contributed by atoms with Gasteiger partial charge >= 0.3 is 0 Å². The second kappa shape index (κ2) is 7.07. The van der Waals surface area contributed by atoms with Gasteiger partial charge in [-0.3, -0.25) is 0 Å². The summed E-state index contributed by atoms with van der Waals surface area (Å²) in [5, 5.41) is 0.101. The molecule has 0 unspecified atom stereocenters. The lowest BCUT2D eigenvalue weighted by atomic mass is 10.1. The zero-order valence-corrected chi connectivity index (χ0v) is 13.0. The molecule has 0 fully saturated rings. The first-order valence-corrected chi connectivity index (χ1v) is 7.33. The minimum atomic E-state index is -0.438. The highest BCUT2D eigenvalue weighted by Crippen LogP contribution is 2.25. The lowest BCUT2D eigenvalue weighted by molar-refractivity contribution is 0.297. The highest BCUT2D eigenvalue weighted by molar-refractivity contribution is 9.10. The lowest BCUT2D eigenvalue weighted by Gasteiger charge is -2.12. The number of hydrogen-bond acceptors (Lipinski definition) is 2. The van der Waals surface area contributed by atoms with Gasteiger partial charge in [-0.25, -0.2) is 4.39 Å². The summed E-state index contributed by atoms with van der Waals surface area (Å²) in [6.45, 7) is 0.657. The van der Waals surface area contributed by atoms with E-state index >= 15 is 0 Å². The lowest BCUT2D eigenvalue weighted by Crippen LogP contribution is -2.06. The van der Waals surface area contributed by atoms with Gasteiger partial charge in [0.25, 0.3) is 0 Å². The van der Waals surface area contributed by atoms with Gasteiger partial charge in [0.2, 0.25) is 0 Å². The van der Waals surface area contributed by atoms with Crippen molar-refractivity contribution >= 4 is 27.5 Å². The van der Waals surface area contributed by atoms with E-state index in [9.17, 15) is 4.39 Å². The summed E-state index contributed by atoms with van der Waals surface area (Å²) in [5.74, 6) is 0.268. The molecule has 0 bridgehead atoms. The maximum Gasteiger partial charge on any atom is 0.148 e. The Balaban J connectivity index is 2.16. The Bertz CT molecular complexity index is 606. The molecule has 2 aromatic rings. The summed E-state index contributed by atoms with van der Waals surface area (Å²) in [6, 6.07) is 10.5. The summed E-state index contributed by atoms with van der Waals surface area (Å²) < 4.78 is 20.4. The molecule has 0 spiro atoms. The standard InChI is InChI=1S/C15H14BrClFNO/c16-12-4-5-14(10(8-12)6-7-19)20-9-11-2-1-3-13(17)15(11)18/h1-5,8H,6-7,9,19H2. The molecule has 5 heteroatoms. The van der Waals surface area contributed by atoms with E-state index in [4.69, 9.17) is 22.1 Å². The van der Waals surface area contributed by atoms with Crippen LogP contribution in [-0.2, 0) is 13.0 Å². The van der Waals surface area contributed by atoms with Crippen molar-refractivity contribution in [3.63, 3.8) is 0 Å². The number of halogens is 3. The third-order valence-electron chi connectivity index (χ3n) is 2.85. The van der Waals surface area contributed by atoms with Crippen molar-refractivity contribution in [1.29, 1.82) is 0 Å². The highest BCUT2D eigenvalue weighted by atomic mass is 79.9. The molecule has 0 saturated carbocycles. The molecule has 0 aromatic heterocycles. The third kappa shape index (κ3) is 3.72. The number of benzene rings is 2. The van der Waals surface area contributed by atoms with E-state index in [0.29, 0.717) is 24.3 Å². The van der Waals surface area contributed by atoms with Crippen LogP contribution in [0.5, 0.6) is 5.75 Å². The second-order valence-corrected chi connectivity index (χ2v) is 5.62. The zero-order valence-electron chi connectivity index (χ0n) is 10.7. The van der Waals surface area contributed by atoms with E-state index in [0.717, 1.165) is 10.0 Å². The first-order valence-electron chi connectivity index (χ1n) is 6.16. The fourth-order valence-electron chi connectivity index (χ4n) is 1.86. The Morgan fingerprint density at radius 2 is 2.00 bits per heavy atom. The predicted octanol–water partition coefficient (Wildman–Crippen LogP) is 4.32. The van der Waals surface area contributed by atoms with Crippen molar-refractivity contribution in [3.05, 3.63) is 62.8 Å². The van der Waals surface area contributed by atoms with Crippen LogP contribution in [0.4, 0.5) is 4.39 Å². The molecule has 0 amide bonds. The monoisotopic (exact) mass is 357 g/mol. The van der Waals surface area contributed by atoms with Crippen LogP contribution < -0.4 is 10.5 Å². The molecule has 0 saturated heterocycles. The maximum atomic E-state index is 13.8. The van der Waals surface area contributed by atoms with Crippen molar-refractivity contribution in [2.24, 2.45) is 5.73 Å². The van der Waals surface area contributed by atoms with Crippen LogP contribution in [0.15, 0.2) is 40.9 Å². The van der Waals surface area contributed by atoms with Gasteiger partial charge in [-0.15, -0.1) is 0 Å². The minimum Gasteiger partial charge on any atom is -0.489 e. The van der Waals surface area contributed by atoms with E-state index in [1.165, 1.54) is 6.07 Å². The highest BCUT2D eigenvalue weighted by Gasteiger charge is 2.09. The molecule has 0 radical (unpaired) electrons. The van der Waals surface area contributed by atoms with Crippen molar-refractivity contribution in [1.82, 2.24) is 0 Å². The smallest absolute Gasteiger partial charge is 0.148 e. The summed E-state index contributed by atoms with van der Waals surface area (Å²) in [5.41, 5.74) is 7.00. The Labute approximate surface area is 130 Å². The quantitative estimate of drug-likeness (QED) is 0.864. The van der Waals surface area contributed by atoms with E-state index in [1.807, 2.05) is 18.2 Å².